The molecule has 8 heteroatoms. The topological polar surface area (TPSA) is 85.7 Å². The van der Waals surface area contributed by atoms with Crippen molar-refractivity contribution >= 4 is 33.4 Å². The number of nitrogens with one attached hydrogen (secondary N) is 2. The zero-order valence-corrected chi connectivity index (χ0v) is 26.2. The van der Waals surface area contributed by atoms with Crippen LogP contribution in [0.5, 0.6) is 0 Å². The van der Waals surface area contributed by atoms with E-state index in [1.807, 2.05) is 18.3 Å². The molecule has 2 fully saturated rings. The molecule has 0 amide bonds. The summed E-state index contributed by atoms with van der Waals surface area (Å²) < 4.78 is 7.12. The highest BCUT2D eigenvalue weighted by atomic mass is 35.5. The number of aromatic amines is 1. The average molecular weight is 605 g/mol. The minimum Gasteiger partial charge on any atom is -0.400 e. The summed E-state index contributed by atoms with van der Waals surface area (Å²) >= 11 is 4.94. The lowest BCUT2D eigenvalue weighted by Gasteiger charge is -2.25. The average Bonchev–Trinajstić information content (AvgIpc) is 3.70. The summed E-state index contributed by atoms with van der Waals surface area (Å²) in [7, 11) is 4.83. The summed E-state index contributed by atoms with van der Waals surface area (Å²) in [6.45, 7) is 7.16. The third kappa shape index (κ3) is 17.5. The second-order valence-electron chi connectivity index (χ2n) is 9.67. The highest BCUT2D eigenvalue weighted by Crippen LogP contribution is 2.12. The van der Waals surface area contributed by atoms with E-state index < -0.39 is 0 Å². The van der Waals surface area contributed by atoms with E-state index >= 15 is 0 Å². The summed E-state index contributed by atoms with van der Waals surface area (Å²) in [5.74, 6) is 0.347. The van der Waals surface area contributed by atoms with Crippen LogP contribution < -0.4 is 5.32 Å². The monoisotopic (exact) mass is 604 g/mol. The largest absolute Gasteiger partial charge is 0.400 e. The molecule has 2 saturated heterocycles. The van der Waals surface area contributed by atoms with Gasteiger partial charge in [0.1, 0.15) is 0 Å². The van der Waals surface area contributed by atoms with Crippen molar-refractivity contribution in [1.29, 1.82) is 0 Å². The van der Waals surface area contributed by atoms with E-state index in [1.165, 1.54) is 86.5 Å². The highest BCUT2D eigenvalue weighted by molar-refractivity contribution is 6.17. The molecule has 0 saturated carbocycles. The number of para-hydroxylation sites is 2. The first-order valence-corrected chi connectivity index (χ1v) is 15.3. The third-order valence-corrected chi connectivity index (χ3v) is 6.78. The minimum atomic E-state index is 0. The number of hydrogen-bond donors (Lipinski definition) is 4. The van der Waals surface area contributed by atoms with Crippen molar-refractivity contribution in [1.82, 2.24) is 19.8 Å². The number of methoxy groups -OCH3 is 1. The van der Waals surface area contributed by atoms with Crippen molar-refractivity contribution in [3.05, 3.63) is 73.1 Å². The molecule has 4 N–H and O–H groups in total. The fourth-order valence-electron chi connectivity index (χ4n) is 4.42. The molecule has 238 valence electrons. The van der Waals surface area contributed by atoms with Gasteiger partial charge in [0.2, 0.25) is 0 Å². The number of benzene rings is 2. The van der Waals surface area contributed by atoms with Gasteiger partial charge in [0.05, 0.1) is 13.2 Å². The fraction of sp³-hybridized carbons (Fsp3) is 0.529. The van der Waals surface area contributed by atoms with E-state index in [9.17, 15) is 0 Å². The van der Waals surface area contributed by atoms with Crippen LogP contribution in [0, 0.1) is 0 Å². The first kappa shape index (κ1) is 39.6. The number of halogens is 1. The van der Waals surface area contributed by atoms with Crippen LogP contribution in [0.2, 0.25) is 0 Å². The summed E-state index contributed by atoms with van der Waals surface area (Å²) in [6, 6.07) is 20.8. The molecule has 0 radical (unpaired) electrons. The zero-order valence-electron chi connectivity index (χ0n) is 25.4. The van der Waals surface area contributed by atoms with Crippen LogP contribution in [0.4, 0.5) is 0 Å². The van der Waals surface area contributed by atoms with E-state index in [0.29, 0.717) is 5.88 Å². The highest BCUT2D eigenvalue weighted by Gasteiger charge is 2.08. The number of ether oxygens (including phenoxy) is 1. The number of nitrogens with zero attached hydrogens (tertiary/aromatic N) is 2. The molecule has 2 aliphatic heterocycles. The van der Waals surface area contributed by atoms with Crippen molar-refractivity contribution in [2.75, 3.05) is 66.0 Å². The van der Waals surface area contributed by atoms with Crippen molar-refractivity contribution in [2.45, 2.75) is 46.0 Å². The zero-order chi connectivity index (χ0) is 30.0. The number of aromatic nitrogens is 2. The van der Waals surface area contributed by atoms with Gasteiger partial charge in [0.15, 0.2) is 0 Å². The van der Waals surface area contributed by atoms with E-state index in [2.05, 4.69) is 81.5 Å². The first-order chi connectivity index (χ1) is 20.2. The lowest BCUT2D eigenvalue weighted by atomic mass is 10.1. The predicted molar refractivity (Wildman–Crippen MR) is 183 cm³/mol. The van der Waals surface area contributed by atoms with Gasteiger partial charge in [-0.15, -0.1) is 11.6 Å². The number of piperidine rings is 2. The molecule has 6 rings (SSSR count). The van der Waals surface area contributed by atoms with Crippen molar-refractivity contribution in [3.63, 3.8) is 0 Å². The molecule has 4 heterocycles. The molecule has 2 aromatic heterocycles. The molecule has 0 aliphatic carbocycles. The summed E-state index contributed by atoms with van der Waals surface area (Å²) in [6.07, 6.45) is 12.4. The minimum absolute atomic E-state index is 0. The van der Waals surface area contributed by atoms with E-state index in [1.54, 1.807) is 7.11 Å². The van der Waals surface area contributed by atoms with Crippen LogP contribution in [0.1, 0.15) is 46.0 Å². The van der Waals surface area contributed by atoms with E-state index in [0.717, 1.165) is 20.3 Å². The Kier molecular flexibility index (Phi) is 25.9. The molecule has 4 aromatic rings. The molecule has 0 atom stereocenters. The molecule has 2 aliphatic rings. The Bertz CT molecular complexity index is 1060. The van der Waals surface area contributed by atoms with Crippen LogP contribution in [0.25, 0.3) is 21.8 Å². The van der Waals surface area contributed by atoms with Crippen LogP contribution in [0.15, 0.2) is 73.1 Å². The molecular formula is C34H57ClN4O3. The van der Waals surface area contributed by atoms with Crippen molar-refractivity contribution < 1.29 is 14.9 Å². The number of likely N-dealkylation sites (tertiary alicyclic amines) is 1. The molecule has 0 unspecified atom stereocenters. The maximum absolute atomic E-state index is 7.74. The SMILES string of the molecule is C.C1CCNCC1.CO.COCCN1CCCCC1.Cn1ccc2ccccc21.OCCCl.c1ccc2[nH]ccc2c1. The van der Waals surface area contributed by atoms with Crippen LogP contribution in [-0.4, -0.2) is 90.7 Å². The first-order valence-electron chi connectivity index (χ1n) is 14.7. The quantitative estimate of drug-likeness (QED) is 0.195. The normalized spacial score (nSPS) is 14.0. The van der Waals surface area contributed by atoms with E-state index in [4.69, 9.17) is 26.6 Å². The number of aryl methyl sites for hydroxylation is 1. The van der Waals surface area contributed by atoms with Gasteiger partial charge >= 0.3 is 0 Å². The van der Waals surface area contributed by atoms with Gasteiger partial charge in [-0.3, -0.25) is 0 Å². The smallest absolute Gasteiger partial charge is 0.0589 e. The molecular weight excluding hydrogens is 548 g/mol. The number of aliphatic hydroxyl groups excluding tert-OH is 2. The number of aliphatic hydroxyl groups is 2. The van der Waals surface area contributed by atoms with Gasteiger partial charge in [-0.2, -0.15) is 0 Å². The van der Waals surface area contributed by atoms with Gasteiger partial charge in [0.25, 0.3) is 0 Å². The van der Waals surface area contributed by atoms with E-state index in [-0.39, 0.29) is 14.0 Å². The third-order valence-electron chi connectivity index (χ3n) is 6.61. The van der Waals surface area contributed by atoms with Gasteiger partial charge in [-0.1, -0.05) is 56.7 Å². The van der Waals surface area contributed by atoms with Crippen molar-refractivity contribution in [3.8, 4) is 0 Å². The molecule has 2 aromatic carbocycles. The second-order valence-corrected chi connectivity index (χ2v) is 10.0. The number of fused-ring (bicyclic) bond motifs is 2. The molecule has 7 nitrogen and oxygen atoms in total. The van der Waals surface area contributed by atoms with Gasteiger partial charge in [0, 0.05) is 57.1 Å². The molecule has 0 bridgehead atoms. The second kappa shape index (κ2) is 27.4. The lowest BCUT2D eigenvalue weighted by molar-refractivity contribution is 0.135. The van der Waals surface area contributed by atoms with Gasteiger partial charge < -0.3 is 34.7 Å². The van der Waals surface area contributed by atoms with Crippen LogP contribution >= 0.6 is 11.6 Å². The van der Waals surface area contributed by atoms with Gasteiger partial charge in [-0.25, -0.2) is 0 Å². The Balaban J connectivity index is 0.000000504. The maximum atomic E-state index is 7.74. The lowest BCUT2D eigenvalue weighted by Crippen LogP contribution is -2.32. The number of alkyl halides is 1. The molecule has 42 heavy (non-hydrogen) atoms. The predicted octanol–water partition coefficient (Wildman–Crippen LogP) is 6.69. The van der Waals surface area contributed by atoms with Gasteiger partial charge in [-0.05, 0) is 86.9 Å². The van der Waals surface area contributed by atoms with Crippen molar-refractivity contribution in [2.24, 2.45) is 7.05 Å². The Morgan fingerprint density at radius 1 is 0.833 bits per heavy atom. The Morgan fingerprint density at radius 3 is 1.95 bits per heavy atom. The summed E-state index contributed by atoms with van der Waals surface area (Å²) in [5, 5.41) is 20.6. The molecule has 0 spiro atoms. The standard InChI is InChI=1S/C9H9N.C8H17NO.C8H7N.C5H11N.C2H5ClO.CH4O.CH4/c1-10-7-6-8-4-2-3-5-9(8)10;1-10-8-7-9-5-3-2-4-6-9;1-2-4-8-7(3-1)5-6-9-8;1-2-4-6-5-3-1;3-1-2-4;1-2;/h2-7H,1H3;2-8H2,1H3;1-6,9H;6H,1-5H2;4H,1-2H2;2H,1H3;1H4. The fourth-order valence-corrected chi connectivity index (χ4v) is 4.42. The Labute approximate surface area is 259 Å². The summed E-state index contributed by atoms with van der Waals surface area (Å²) in [4.78, 5) is 5.60. The number of hydrogen-bond acceptors (Lipinski definition) is 5. The number of rotatable bonds is 4. The van der Waals surface area contributed by atoms with Crippen LogP contribution in [-0.2, 0) is 11.8 Å². The Morgan fingerprint density at radius 2 is 1.43 bits per heavy atom. The summed E-state index contributed by atoms with van der Waals surface area (Å²) in [5.41, 5.74) is 2.50. The number of H-pyrrole nitrogens is 1. The maximum Gasteiger partial charge on any atom is 0.0589 e. The Hall–Kier alpha value is -2.39. The van der Waals surface area contributed by atoms with Crippen LogP contribution in [0.3, 0.4) is 0 Å².